The number of rotatable bonds is 7. The molecule has 1 amide bonds. The number of ether oxygens (including phenoxy) is 2. The van der Waals surface area contributed by atoms with E-state index in [1.165, 1.54) is 6.92 Å². The van der Waals surface area contributed by atoms with Crippen molar-refractivity contribution in [2.75, 3.05) is 0 Å². The van der Waals surface area contributed by atoms with Gasteiger partial charge in [0, 0.05) is 36.7 Å². The highest BCUT2D eigenvalue weighted by Crippen LogP contribution is 2.30. The first kappa shape index (κ1) is 37.0. The molecular formula is C37H55NO6. The van der Waals surface area contributed by atoms with Crippen LogP contribution >= 0.6 is 0 Å². The van der Waals surface area contributed by atoms with E-state index in [2.05, 4.69) is 26.1 Å². The Balaban J connectivity index is 2.68. The van der Waals surface area contributed by atoms with Crippen LogP contribution in [0.3, 0.4) is 0 Å². The van der Waals surface area contributed by atoms with Gasteiger partial charge in [-0.05, 0) is 55.7 Å². The molecule has 44 heavy (non-hydrogen) atoms. The lowest BCUT2D eigenvalue weighted by Crippen LogP contribution is -2.46. The summed E-state index contributed by atoms with van der Waals surface area (Å²) in [6, 6.07) is 8.65. The Hall–Kier alpha value is -3.19. The summed E-state index contributed by atoms with van der Waals surface area (Å²) in [6.45, 7) is 19.1. The van der Waals surface area contributed by atoms with Crippen molar-refractivity contribution in [3.8, 4) is 0 Å². The maximum Gasteiger partial charge on any atom is 0.329 e. The molecule has 1 aliphatic rings. The predicted octanol–water partition coefficient (Wildman–Crippen LogP) is 6.75. The molecule has 244 valence electrons. The van der Waals surface area contributed by atoms with Crippen LogP contribution in [-0.4, -0.2) is 47.3 Å². The minimum Gasteiger partial charge on any atom is -0.460 e. The Bertz CT molecular complexity index is 1200. The minimum absolute atomic E-state index is 0.0347. The molecular weight excluding hydrogens is 554 g/mol. The number of hydrogen-bond acceptors (Lipinski definition) is 6. The van der Waals surface area contributed by atoms with Crippen molar-refractivity contribution in [3.63, 3.8) is 0 Å². The van der Waals surface area contributed by atoms with Crippen LogP contribution < -0.4 is 5.32 Å². The van der Waals surface area contributed by atoms with Crippen LogP contribution in [0.5, 0.6) is 0 Å². The number of amides is 1. The Morgan fingerprint density at radius 3 is 2.16 bits per heavy atom. The van der Waals surface area contributed by atoms with E-state index in [1.54, 1.807) is 13.0 Å². The van der Waals surface area contributed by atoms with Crippen LogP contribution in [0.15, 0.2) is 65.3 Å². The SMILES string of the molecule is CC[C@H](C)C[C@H](C)[C@H]1OC(=O)[C@H](Cc2ccccc2)NC(=O)/C(C)=C/[C@H](C)[C@@H](O)/C(C)=C/[C@H](C)[C@H](OC(C)=O)/C(C)=C\[C@@H]1C. The van der Waals surface area contributed by atoms with Gasteiger partial charge in [0.15, 0.2) is 0 Å². The molecule has 7 heteroatoms. The molecule has 1 heterocycles. The fraction of sp³-hybridized carbons (Fsp3) is 0.595. The van der Waals surface area contributed by atoms with Crippen molar-refractivity contribution in [2.24, 2.45) is 29.6 Å². The molecule has 0 aliphatic carbocycles. The molecule has 0 spiro atoms. The van der Waals surface area contributed by atoms with Crippen molar-refractivity contribution < 1.29 is 29.0 Å². The average molecular weight is 610 g/mol. The molecule has 0 saturated heterocycles. The number of benzene rings is 1. The summed E-state index contributed by atoms with van der Waals surface area (Å²) >= 11 is 0. The van der Waals surface area contributed by atoms with E-state index in [-0.39, 0.29) is 36.0 Å². The van der Waals surface area contributed by atoms with Crippen molar-refractivity contribution in [1.29, 1.82) is 0 Å². The first-order chi connectivity index (χ1) is 20.6. The van der Waals surface area contributed by atoms with Crippen LogP contribution in [0.25, 0.3) is 0 Å². The monoisotopic (exact) mass is 609 g/mol. The van der Waals surface area contributed by atoms with Crippen molar-refractivity contribution >= 4 is 17.8 Å². The lowest BCUT2D eigenvalue weighted by Gasteiger charge is -2.32. The Kier molecular flexibility index (Phi) is 14.6. The fourth-order valence-electron chi connectivity index (χ4n) is 6.18. The maximum atomic E-state index is 13.9. The van der Waals surface area contributed by atoms with Gasteiger partial charge in [-0.15, -0.1) is 0 Å². The zero-order chi connectivity index (χ0) is 33.1. The molecule has 0 saturated carbocycles. The van der Waals surface area contributed by atoms with Crippen molar-refractivity contribution in [3.05, 3.63) is 70.8 Å². The smallest absolute Gasteiger partial charge is 0.329 e. The second-order valence-corrected chi connectivity index (χ2v) is 13.1. The van der Waals surface area contributed by atoms with E-state index in [4.69, 9.17) is 9.47 Å². The maximum absolute atomic E-state index is 13.9. The highest BCUT2D eigenvalue weighted by atomic mass is 16.5. The molecule has 2 rings (SSSR count). The van der Waals surface area contributed by atoms with Gasteiger partial charge < -0.3 is 19.9 Å². The summed E-state index contributed by atoms with van der Waals surface area (Å²) < 4.78 is 12.1. The van der Waals surface area contributed by atoms with Crippen molar-refractivity contribution in [1.82, 2.24) is 5.32 Å². The average Bonchev–Trinajstić information content (AvgIpc) is 2.96. The van der Waals surface area contributed by atoms with Gasteiger partial charge in [-0.1, -0.05) is 96.5 Å². The number of carbonyl (C=O) groups excluding carboxylic acids is 3. The standard InChI is InChI=1S/C37H55NO6/c1-11-22(2)17-25(5)35-28(8)20-27(7)34(43-30(10)39)26(6)18-23(3)33(40)24(4)19-29(9)36(41)38-32(37(42)44-35)21-31-15-13-12-14-16-31/h12-16,18-20,22,24-26,28,32-35,40H,11,17,21H2,1-10H3,(H,38,41)/b23-18+,27-20-,29-19+/t22-,24-,25-,26-,28-,32-,33-,34-,35+/m0/s1. The second kappa shape index (κ2) is 17.3. The molecule has 0 aromatic heterocycles. The summed E-state index contributed by atoms with van der Waals surface area (Å²) in [4.78, 5) is 39.5. The summed E-state index contributed by atoms with van der Waals surface area (Å²) in [7, 11) is 0. The van der Waals surface area contributed by atoms with E-state index >= 15 is 0 Å². The van der Waals surface area contributed by atoms with Gasteiger partial charge in [0.25, 0.3) is 0 Å². The predicted molar refractivity (Wildman–Crippen MR) is 176 cm³/mol. The number of esters is 2. The van der Waals surface area contributed by atoms with Crippen LogP contribution in [0, 0.1) is 29.6 Å². The highest BCUT2D eigenvalue weighted by molar-refractivity contribution is 5.95. The van der Waals surface area contributed by atoms with E-state index in [1.807, 2.05) is 77.1 Å². The molecule has 1 aromatic rings. The zero-order valence-corrected chi connectivity index (χ0v) is 28.4. The van der Waals surface area contributed by atoms with Gasteiger partial charge in [0.1, 0.15) is 18.2 Å². The van der Waals surface area contributed by atoms with Gasteiger partial charge >= 0.3 is 11.9 Å². The molecule has 7 nitrogen and oxygen atoms in total. The molecule has 2 N–H and O–H groups in total. The highest BCUT2D eigenvalue weighted by Gasteiger charge is 2.33. The lowest BCUT2D eigenvalue weighted by molar-refractivity contribution is -0.157. The quantitative estimate of drug-likeness (QED) is 0.262. The Morgan fingerprint density at radius 1 is 0.955 bits per heavy atom. The topological polar surface area (TPSA) is 102 Å². The minimum atomic E-state index is -0.907. The molecule has 1 aliphatic heterocycles. The van der Waals surface area contributed by atoms with Gasteiger partial charge in [-0.25, -0.2) is 4.79 Å². The summed E-state index contributed by atoms with van der Waals surface area (Å²) in [5.74, 6) is -1.62. The number of hydrogen-bond donors (Lipinski definition) is 2. The molecule has 0 fully saturated rings. The van der Waals surface area contributed by atoms with Gasteiger partial charge in [-0.3, -0.25) is 9.59 Å². The van der Waals surface area contributed by atoms with Crippen LogP contribution in [0.2, 0.25) is 0 Å². The number of nitrogens with one attached hydrogen (secondary N) is 1. The van der Waals surface area contributed by atoms with Crippen molar-refractivity contribution in [2.45, 2.75) is 113 Å². The molecule has 0 unspecified atom stereocenters. The molecule has 9 atom stereocenters. The van der Waals surface area contributed by atoms with E-state index < -0.39 is 36.3 Å². The van der Waals surface area contributed by atoms with E-state index in [0.29, 0.717) is 11.5 Å². The third kappa shape index (κ3) is 11.1. The third-order valence-corrected chi connectivity index (χ3v) is 8.78. The second-order valence-electron chi connectivity index (χ2n) is 13.1. The number of carbonyl (C=O) groups is 3. The lowest BCUT2D eigenvalue weighted by atomic mass is 9.84. The number of aliphatic hydroxyl groups excluding tert-OH is 1. The fourth-order valence-corrected chi connectivity index (χ4v) is 6.18. The normalized spacial score (nSPS) is 32.7. The molecule has 0 radical (unpaired) electrons. The van der Waals surface area contributed by atoms with Crippen LogP contribution in [-0.2, 0) is 30.3 Å². The number of aliphatic hydroxyl groups is 1. The zero-order valence-electron chi connectivity index (χ0n) is 28.4. The van der Waals surface area contributed by atoms with E-state index in [0.717, 1.165) is 29.6 Å². The molecule has 1 aromatic carbocycles. The van der Waals surface area contributed by atoms with E-state index in [9.17, 15) is 19.5 Å². The van der Waals surface area contributed by atoms with Crippen LogP contribution in [0.4, 0.5) is 0 Å². The first-order valence-corrected chi connectivity index (χ1v) is 16.1. The van der Waals surface area contributed by atoms with Crippen LogP contribution in [0.1, 0.15) is 87.6 Å². The number of cyclic esters (lactones) is 1. The summed E-state index contributed by atoms with van der Waals surface area (Å²) in [5, 5.41) is 14.1. The third-order valence-electron chi connectivity index (χ3n) is 8.78. The Labute approximate surface area is 265 Å². The van der Waals surface area contributed by atoms with Gasteiger partial charge in [0.05, 0.1) is 6.10 Å². The summed E-state index contributed by atoms with van der Waals surface area (Å²) in [6.07, 6.45) is 5.95. The van der Waals surface area contributed by atoms with Gasteiger partial charge in [0.2, 0.25) is 5.91 Å². The Morgan fingerprint density at radius 2 is 1.57 bits per heavy atom. The summed E-state index contributed by atoms with van der Waals surface area (Å²) in [5.41, 5.74) is 2.87. The molecule has 0 bridgehead atoms. The van der Waals surface area contributed by atoms with Gasteiger partial charge in [-0.2, -0.15) is 0 Å². The first-order valence-electron chi connectivity index (χ1n) is 16.1. The largest absolute Gasteiger partial charge is 0.460 e.